The molecule has 0 spiro atoms. The second-order valence-electron chi connectivity index (χ2n) is 5.44. The Hall–Kier alpha value is -2.54. The van der Waals surface area contributed by atoms with E-state index in [1.54, 1.807) is 0 Å². The Morgan fingerprint density at radius 3 is 2.52 bits per heavy atom. The van der Waals surface area contributed by atoms with Gasteiger partial charge in [0.25, 0.3) is 5.91 Å². The van der Waals surface area contributed by atoms with Gasteiger partial charge in [-0.15, -0.1) is 0 Å². The minimum absolute atomic E-state index is 0.296. The maximum Gasteiger partial charge on any atom is 0.416 e. The molecule has 1 saturated heterocycles. The molecule has 0 unspecified atom stereocenters. The van der Waals surface area contributed by atoms with Gasteiger partial charge in [-0.2, -0.15) is 13.2 Å². The van der Waals surface area contributed by atoms with Crippen LogP contribution in [0.5, 0.6) is 0 Å². The van der Waals surface area contributed by atoms with Crippen LogP contribution in [0.4, 0.5) is 18.9 Å². The largest absolute Gasteiger partial charge is 0.416 e. The van der Waals surface area contributed by atoms with Crippen LogP contribution in [0.3, 0.4) is 0 Å². The van der Waals surface area contributed by atoms with E-state index >= 15 is 0 Å². The molecule has 0 aromatic heterocycles. The molecule has 128 valence electrons. The van der Waals surface area contributed by atoms with E-state index in [9.17, 15) is 18.0 Å². The fraction of sp³-hybridized carbons (Fsp3) is 0.111. The molecule has 2 aromatic carbocycles. The molecule has 1 N–H and O–H groups in total. The van der Waals surface area contributed by atoms with Crippen molar-refractivity contribution in [2.24, 2.45) is 4.99 Å². The number of nitrogens with zero attached hydrogens (tertiary/aromatic N) is 1. The van der Waals surface area contributed by atoms with E-state index in [2.05, 4.69) is 10.3 Å². The molecule has 0 atom stereocenters. The summed E-state index contributed by atoms with van der Waals surface area (Å²) in [6.45, 7) is 1.96. The summed E-state index contributed by atoms with van der Waals surface area (Å²) in [6, 6.07) is 12.3. The number of benzene rings is 2. The van der Waals surface area contributed by atoms with Crippen LogP contribution in [-0.4, -0.2) is 11.1 Å². The summed E-state index contributed by atoms with van der Waals surface area (Å²) in [4.78, 5) is 16.6. The van der Waals surface area contributed by atoms with Crippen LogP contribution in [0.25, 0.3) is 6.08 Å². The second kappa shape index (κ2) is 6.76. The van der Waals surface area contributed by atoms with E-state index in [4.69, 9.17) is 0 Å². The SMILES string of the molecule is Cc1ccc(N=C2NC(=O)/C(=C/c3cccc(C(F)(F)F)c3)S2)cc1. The Kier molecular flexibility index (Phi) is 4.67. The maximum absolute atomic E-state index is 12.8. The van der Waals surface area contributed by atoms with Gasteiger partial charge in [-0.1, -0.05) is 29.8 Å². The number of halogens is 3. The first-order valence-corrected chi connectivity index (χ1v) is 8.16. The standard InChI is InChI=1S/C18H13F3N2OS/c1-11-5-7-14(8-6-11)22-17-23-16(24)15(25-17)10-12-3-2-4-13(9-12)18(19,20)21/h2-10H,1H3,(H,22,23,24)/b15-10-. The van der Waals surface area contributed by atoms with Crippen molar-refractivity contribution in [3.63, 3.8) is 0 Å². The van der Waals surface area contributed by atoms with Crippen LogP contribution in [0.2, 0.25) is 0 Å². The Bertz CT molecular complexity index is 871. The van der Waals surface area contributed by atoms with Gasteiger partial charge < -0.3 is 5.32 Å². The van der Waals surface area contributed by atoms with Crippen LogP contribution in [0.15, 0.2) is 58.4 Å². The minimum atomic E-state index is -4.42. The number of carbonyl (C=O) groups excluding carboxylic acids is 1. The van der Waals surface area contributed by atoms with Gasteiger partial charge in [0, 0.05) is 0 Å². The molecule has 1 aliphatic rings. The van der Waals surface area contributed by atoms with E-state index in [0.29, 0.717) is 21.3 Å². The third-order valence-corrected chi connectivity index (χ3v) is 4.34. The first-order valence-electron chi connectivity index (χ1n) is 7.35. The zero-order chi connectivity index (χ0) is 18.0. The van der Waals surface area contributed by atoms with Gasteiger partial charge in [-0.3, -0.25) is 4.79 Å². The molecule has 3 nitrogen and oxygen atoms in total. The highest BCUT2D eigenvalue weighted by atomic mass is 32.2. The Labute approximate surface area is 146 Å². The Morgan fingerprint density at radius 1 is 1.12 bits per heavy atom. The summed E-state index contributed by atoms with van der Waals surface area (Å²) < 4.78 is 38.3. The number of rotatable bonds is 2. The quantitative estimate of drug-likeness (QED) is 0.772. The predicted octanol–water partition coefficient (Wildman–Crippen LogP) is 4.91. The van der Waals surface area contributed by atoms with Gasteiger partial charge in [0.1, 0.15) is 0 Å². The predicted molar refractivity (Wildman–Crippen MR) is 93.4 cm³/mol. The summed E-state index contributed by atoms with van der Waals surface area (Å²) in [5, 5.41) is 3.01. The average molecular weight is 362 g/mol. The van der Waals surface area contributed by atoms with Crippen molar-refractivity contribution in [1.82, 2.24) is 5.32 Å². The van der Waals surface area contributed by atoms with Gasteiger partial charge in [-0.05, 0) is 54.6 Å². The monoisotopic (exact) mass is 362 g/mol. The van der Waals surface area contributed by atoms with Crippen molar-refractivity contribution in [3.8, 4) is 0 Å². The van der Waals surface area contributed by atoms with Gasteiger partial charge in [-0.25, -0.2) is 4.99 Å². The van der Waals surface area contributed by atoms with E-state index in [-0.39, 0.29) is 5.91 Å². The van der Waals surface area contributed by atoms with Gasteiger partial charge in [0.2, 0.25) is 0 Å². The van der Waals surface area contributed by atoms with Crippen molar-refractivity contribution in [2.45, 2.75) is 13.1 Å². The highest BCUT2D eigenvalue weighted by Gasteiger charge is 2.30. The summed E-state index contributed by atoms with van der Waals surface area (Å²) >= 11 is 1.10. The number of carbonyl (C=O) groups is 1. The maximum atomic E-state index is 12.8. The zero-order valence-electron chi connectivity index (χ0n) is 13.1. The van der Waals surface area contributed by atoms with E-state index in [1.807, 2.05) is 31.2 Å². The number of nitrogens with one attached hydrogen (secondary N) is 1. The molecule has 1 heterocycles. The lowest BCUT2D eigenvalue weighted by Crippen LogP contribution is -2.19. The average Bonchev–Trinajstić information content (AvgIpc) is 2.88. The number of thioether (sulfide) groups is 1. The Balaban J connectivity index is 1.83. The molecule has 0 bridgehead atoms. The molecular formula is C18H13F3N2OS. The highest BCUT2D eigenvalue weighted by molar-refractivity contribution is 8.18. The third-order valence-electron chi connectivity index (χ3n) is 3.43. The molecule has 25 heavy (non-hydrogen) atoms. The van der Waals surface area contributed by atoms with Gasteiger partial charge in [0.15, 0.2) is 5.17 Å². The molecule has 0 aliphatic carbocycles. The van der Waals surface area contributed by atoms with Crippen molar-refractivity contribution in [1.29, 1.82) is 0 Å². The van der Waals surface area contributed by atoms with Crippen LogP contribution >= 0.6 is 11.8 Å². The lowest BCUT2D eigenvalue weighted by molar-refractivity contribution is -0.137. The lowest BCUT2D eigenvalue weighted by Gasteiger charge is -2.06. The number of amides is 1. The van der Waals surface area contributed by atoms with Crippen LogP contribution in [-0.2, 0) is 11.0 Å². The molecule has 2 aromatic rings. The third kappa shape index (κ3) is 4.30. The molecule has 0 radical (unpaired) electrons. The first-order chi connectivity index (χ1) is 11.8. The highest BCUT2D eigenvalue weighted by Crippen LogP contribution is 2.32. The van der Waals surface area contributed by atoms with Crippen LogP contribution in [0, 0.1) is 6.92 Å². The fourth-order valence-corrected chi connectivity index (χ4v) is 3.02. The molecule has 7 heteroatoms. The summed E-state index contributed by atoms with van der Waals surface area (Å²) in [5.74, 6) is -0.381. The zero-order valence-corrected chi connectivity index (χ0v) is 13.9. The first kappa shape index (κ1) is 17.3. The van der Waals surface area contributed by atoms with Crippen molar-refractivity contribution >= 4 is 34.6 Å². The van der Waals surface area contributed by atoms with Crippen molar-refractivity contribution < 1.29 is 18.0 Å². The summed E-state index contributed by atoms with van der Waals surface area (Å²) in [5.41, 5.74) is 1.34. The number of aliphatic imine (C=N–C) groups is 1. The normalized spacial score (nSPS) is 18.0. The van der Waals surface area contributed by atoms with E-state index < -0.39 is 11.7 Å². The lowest BCUT2D eigenvalue weighted by atomic mass is 10.1. The summed E-state index contributed by atoms with van der Waals surface area (Å²) in [7, 11) is 0. The number of hydrogen-bond acceptors (Lipinski definition) is 3. The Morgan fingerprint density at radius 2 is 1.84 bits per heavy atom. The summed E-state index contributed by atoms with van der Waals surface area (Å²) in [6.07, 6.45) is -3.00. The number of aryl methyl sites for hydroxylation is 1. The molecule has 1 aliphatic heterocycles. The topological polar surface area (TPSA) is 41.5 Å². The molecular weight excluding hydrogens is 349 g/mol. The number of amidine groups is 1. The molecule has 1 fully saturated rings. The minimum Gasteiger partial charge on any atom is -0.300 e. The van der Waals surface area contributed by atoms with E-state index in [0.717, 1.165) is 29.5 Å². The second-order valence-corrected chi connectivity index (χ2v) is 6.47. The molecule has 0 saturated carbocycles. The number of hydrogen-bond donors (Lipinski definition) is 1. The molecule has 1 amide bonds. The van der Waals surface area contributed by atoms with Crippen molar-refractivity contribution in [3.05, 3.63) is 70.1 Å². The fourth-order valence-electron chi connectivity index (χ4n) is 2.17. The smallest absolute Gasteiger partial charge is 0.300 e. The molecule has 3 rings (SSSR count). The van der Waals surface area contributed by atoms with Crippen LogP contribution < -0.4 is 5.32 Å². The van der Waals surface area contributed by atoms with E-state index in [1.165, 1.54) is 18.2 Å². The van der Waals surface area contributed by atoms with Crippen LogP contribution in [0.1, 0.15) is 16.7 Å². The van der Waals surface area contributed by atoms with Gasteiger partial charge in [0.05, 0.1) is 16.2 Å². The number of alkyl halides is 3. The van der Waals surface area contributed by atoms with Gasteiger partial charge >= 0.3 is 6.18 Å². The van der Waals surface area contributed by atoms with Crippen molar-refractivity contribution in [2.75, 3.05) is 0 Å².